The van der Waals surface area contributed by atoms with E-state index in [2.05, 4.69) is 44.3 Å². The van der Waals surface area contributed by atoms with Gasteiger partial charge in [-0.2, -0.15) is 0 Å². The van der Waals surface area contributed by atoms with Crippen LogP contribution < -0.4 is 10.1 Å². The number of aryl methyl sites for hydroxylation is 1. The van der Waals surface area contributed by atoms with Gasteiger partial charge in [-0.1, -0.05) is 26.0 Å². The summed E-state index contributed by atoms with van der Waals surface area (Å²) >= 11 is 0. The smallest absolute Gasteiger partial charge is 0.123 e. The summed E-state index contributed by atoms with van der Waals surface area (Å²) in [6, 6.07) is 7.03. The van der Waals surface area contributed by atoms with Crippen LogP contribution in [-0.4, -0.2) is 19.7 Å². The Hall–Kier alpha value is -1.02. The molecule has 2 rings (SSSR count). The van der Waals surface area contributed by atoms with Crippen LogP contribution in [0.3, 0.4) is 0 Å². The zero-order valence-corrected chi connectivity index (χ0v) is 12.0. The molecule has 0 bridgehead atoms. The van der Waals surface area contributed by atoms with E-state index in [1.165, 1.54) is 24.0 Å². The predicted molar refractivity (Wildman–Crippen MR) is 76.3 cm³/mol. The summed E-state index contributed by atoms with van der Waals surface area (Å²) in [7, 11) is 2.03. The second-order valence-electron chi connectivity index (χ2n) is 5.74. The normalized spacial score (nSPS) is 16.9. The largest absolute Gasteiger partial charge is 0.492 e. The molecule has 1 atom stereocenters. The zero-order valence-electron chi connectivity index (χ0n) is 12.0. The minimum atomic E-state index is 0.505. The van der Waals surface area contributed by atoms with Gasteiger partial charge >= 0.3 is 0 Å². The minimum Gasteiger partial charge on any atom is -0.492 e. The van der Waals surface area contributed by atoms with E-state index in [1.807, 2.05) is 7.05 Å². The standard InChI is InChI=1S/C16H25NO/c1-11(2)14-8-5-12(3)9-16(14)18-10-15(17-4)13-6-7-13/h5,8-9,11,13,15,17H,6-7,10H2,1-4H3. The van der Waals surface area contributed by atoms with Crippen molar-refractivity contribution >= 4 is 0 Å². The molecule has 1 aromatic carbocycles. The molecule has 1 unspecified atom stereocenters. The van der Waals surface area contributed by atoms with Crippen molar-refractivity contribution in [1.82, 2.24) is 5.32 Å². The van der Waals surface area contributed by atoms with Crippen molar-refractivity contribution in [3.63, 3.8) is 0 Å². The Morgan fingerprint density at radius 3 is 2.61 bits per heavy atom. The molecule has 0 aromatic heterocycles. The number of nitrogens with one attached hydrogen (secondary N) is 1. The molecule has 1 fully saturated rings. The van der Waals surface area contributed by atoms with Crippen LogP contribution in [0.15, 0.2) is 18.2 Å². The maximum Gasteiger partial charge on any atom is 0.123 e. The maximum absolute atomic E-state index is 6.07. The van der Waals surface area contributed by atoms with Crippen molar-refractivity contribution < 1.29 is 4.74 Å². The van der Waals surface area contributed by atoms with Crippen LogP contribution >= 0.6 is 0 Å². The van der Waals surface area contributed by atoms with Gasteiger partial charge in [0, 0.05) is 6.04 Å². The number of benzene rings is 1. The molecule has 0 amide bonds. The van der Waals surface area contributed by atoms with Gasteiger partial charge in [0.05, 0.1) is 0 Å². The second-order valence-corrected chi connectivity index (χ2v) is 5.74. The molecular formula is C16H25NO. The lowest BCUT2D eigenvalue weighted by Gasteiger charge is -2.19. The van der Waals surface area contributed by atoms with E-state index >= 15 is 0 Å². The zero-order chi connectivity index (χ0) is 13.1. The third-order valence-electron chi connectivity index (χ3n) is 3.77. The fourth-order valence-electron chi connectivity index (χ4n) is 2.38. The van der Waals surface area contributed by atoms with Gasteiger partial charge in [0.2, 0.25) is 0 Å². The molecule has 18 heavy (non-hydrogen) atoms. The summed E-state index contributed by atoms with van der Waals surface area (Å²) in [6.07, 6.45) is 2.69. The molecule has 1 saturated carbocycles. The predicted octanol–water partition coefficient (Wildman–Crippen LogP) is 3.50. The van der Waals surface area contributed by atoms with Crippen LogP contribution in [0, 0.1) is 12.8 Å². The van der Waals surface area contributed by atoms with Crippen LogP contribution in [0.5, 0.6) is 5.75 Å². The Morgan fingerprint density at radius 1 is 1.33 bits per heavy atom. The van der Waals surface area contributed by atoms with Crippen molar-refractivity contribution in [1.29, 1.82) is 0 Å². The van der Waals surface area contributed by atoms with E-state index in [1.54, 1.807) is 0 Å². The van der Waals surface area contributed by atoms with E-state index in [4.69, 9.17) is 4.74 Å². The van der Waals surface area contributed by atoms with Crippen LogP contribution in [-0.2, 0) is 0 Å². The van der Waals surface area contributed by atoms with Gasteiger partial charge in [-0.3, -0.25) is 0 Å². The second kappa shape index (κ2) is 5.75. The fourth-order valence-corrected chi connectivity index (χ4v) is 2.38. The molecular weight excluding hydrogens is 222 g/mol. The van der Waals surface area contributed by atoms with Crippen molar-refractivity contribution in [3.05, 3.63) is 29.3 Å². The molecule has 0 aliphatic heterocycles. The summed E-state index contributed by atoms with van der Waals surface area (Å²) in [5, 5.41) is 3.37. The first-order valence-electron chi connectivity index (χ1n) is 7.02. The van der Waals surface area contributed by atoms with Gasteiger partial charge in [-0.05, 0) is 55.8 Å². The Kier molecular flexibility index (Phi) is 4.28. The number of likely N-dealkylation sites (N-methyl/N-ethyl adjacent to an activating group) is 1. The molecule has 1 aliphatic rings. The van der Waals surface area contributed by atoms with E-state index in [0.29, 0.717) is 12.0 Å². The van der Waals surface area contributed by atoms with Gasteiger partial charge in [-0.25, -0.2) is 0 Å². The third-order valence-corrected chi connectivity index (χ3v) is 3.77. The van der Waals surface area contributed by atoms with Crippen LogP contribution in [0.4, 0.5) is 0 Å². The highest BCUT2D eigenvalue weighted by Gasteiger charge is 2.30. The van der Waals surface area contributed by atoms with E-state index in [0.717, 1.165) is 18.3 Å². The molecule has 0 radical (unpaired) electrons. The number of rotatable bonds is 6. The maximum atomic E-state index is 6.07. The molecule has 1 N–H and O–H groups in total. The summed E-state index contributed by atoms with van der Waals surface area (Å²) in [5.74, 6) is 2.39. The Labute approximate surface area is 111 Å². The molecule has 0 saturated heterocycles. The lowest BCUT2D eigenvalue weighted by atomic mass is 10.0. The van der Waals surface area contributed by atoms with Crippen molar-refractivity contribution in [2.45, 2.75) is 45.6 Å². The summed E-state index contributed by atoms with van der Waals surface area (Å²) < 4.78 is 6.07. The highest BCUT2D eigenvalue weighted by atomic mass is 16.5. The summed E-state index contributed by atoms with van der Waals surface area (Å²) in [5.41, 5.74) is 2.58. The van der Waals surface area contributed by atoms with E-state index in [-0.39, 0.29) is 0 Å². The van der Waals surface area contributed by atoms with Crippen LogP contribution in [0.1, 0.15) is 43.7 Å². The molecule has 1 aromatic rings. The first-order chi connectivity index (χ1) is 8.61. The first-order valence-corrected chi connectivity index (χ1v) is 7.02. The molecule has 0 heterocycles. The van der Waals surface area contributed by atoms with Crippen molar-refractivity contribution in [3.8, 4) is 5.75 Å². The fraction of sp³-hybridized carbons (Fsp3) is 0.625. The molecule has 0 spiro atoms. The Balaban J connectivity index is 2.04. The highest BCUT2D eigenvalue weighted by molar-refractivity contribution is 5.39. The average Bonchev–Trinajstić information content (AvgIpc) is 3.14. The minimum absolute atomic E-state index is 0.505. The van der Waals surface area contributed by atoms with E-state index < -0.39 is 0 Å². The monoisotopic (exact) mass is 247 g/mol. The topological polar surface area (TPSA) is 21.3 Å². The average molecular weight is 247 g/mol. The Morgan fingerprint density at radius 2 is 2.06 bits per heavy atom. The van der Waals surface area contributed by atoms with Crippen molar-refractivity contribution in [2.24, 2.45) is 5.92 Å². The number of hydrogen-bond acceptors (Lipinski definition) is 2. The highest BCUT2D eigenvalue weighted by Crippen LogP contribution is 2.33. The third kappa shape index (κ3) is 3.26. The number of hydrogen-bond donors (Lipinski definition) is 1. The van der Waals surface area contributed by atoms with Crippen LogP contribution in [0.25, 0.3) is 0 Å². The molecule has 1 aliphatic carbocycles. The summed E-state index contributed by atoms with van der Waals surface area (Å²) in [4.78, 5) is 0. The Bertz CT molecular complexity index is 396. The first kappa shape index (κ1) is 13.4. The lowest BCUT2D eigenvalue weighted by Crippen LogP contribution is -2.33. The molecule has 100 valence electrons. The number of ether oxygens (including phenoxy) is 1. The summed E-state index contributed by atoms with van der Waals surface area (Å²) in [6.45, 7) is 7.33. The van der Waals surface area contributed by atoms with Gasteiger partial charge in [0.15, 0.2) is 0 Å². The lowest BCUT2D eigenvalue weighted by molar-refractivity contribution is 0.253. The van der Waals surface area contributed by atoms with Crippen molar-refractivity contribution in [2.75, 3.05) is 13.7 Å². The van der Waals surface area contributed by atoms with Gasteiger partial charge in [0.1, 0.15) is 12.4 Å². The van der Waals surface area contributed by atoms with Crippen LogP contribution in [0.2, 0.25) is 0 Å². The molecule has 2 nitrogen and oxygen atoms in total. The van der Waals surface area contributed by atoms with E-state index in [9.17, 15) is 0 Å². The van der Waals surface area contributed by atoms with Gasteiger partial charge in [0.25, 0.3) is 0 Å². The van der Waals surface area contributed by atoms with Gasteiger partial charge in [-0.15, -0.1) is 0 Å². The quantitative estimate of drug-likeness (QED) is 0.830. The molecule has 2 heteroatoms. The van der Waals surface area contributed by atoms with Gasteiger partial charge < -0.3 is 10.1 Å². The SMILES string of the molecule is CNC(COc1cc(C)ccc1C(C)C)C1CC1.